The van der Waals surface area contributed by atoms with Gasteiger partial charge >= 0.3 is 11.9 Å². The Kier molecular flexibility index (Phi) is 5.11. The van der Waals surface area contributed by atoms with Crippen LogP contribution in [0.1, 0.15) is 33.6 Å². The number of anilines is 1. The summed E-state index contributed by atoms with van der Waals surface area (Å²) in [5.41, 5.74) is 0.602. The van der Waals surface area contributed by atoms with Gasteiger partial charge in [0, 0.05) is 12.3 Å². The van der Waals surface area contributed by atoms with Gasteiger partial charge in [-0.15, -0.1) is 0 Å². The quantitative estimate of drug-likeness (QED) is 0.845. The Morgan fingerprint density at radius 2 is 1.68 bits per heavy atom. The van der Waals surface area contributed by atoms with E-state index in [0.717, 1.165) is 6.42 Å². The van der Waals surface area contributed by atoms with E-state index in [9.17, 15) is 14.4 Å². The van der Waals surface area contributed by atoms with Crippen LogP contribution >= 0.6 is 0 Å². The molecule has 1 aromatic rings. The summed E-state index contributed by atoms with van der Waals surface area (Å²) in [6.07, 6.45) is 0.962. The number of benzene rings is 1. The fraction of sp³-hybridized carbons (Fsp3) is 0.400. The van der Waals surface area contributed by atoms with Crippen LogP contribution in [0.3, 0.4) is 0 Å². The number of hydrogen-bond donors (Lipinski definition) is 1. The second kappa shape index (κ2) is 7.04. The Hall–Kier alpha value is -2.41. The standard InChI is InChI=1S/C15H17NO6/c1-20-14(18)9-6-10(15(19)21-2)8-11(7-9)16-13(17)12-4-3-5-22-12/h6-8,12H,3-5H2,1-2H3,(H,16,17)/t12-/m1/s1. The summed E-state index contributed by atoms with van der Waals surface area (Å²) in [7, 11) is 2.47. The lowest BCUT2D eigenvalue weighted by atomic mass is 10.1. The molecule has 1 heterocycles. The Labute approximate surface area is 127 Å². The van der Waals surface area contributed by atoms with Crippen molar-refractivity contribution in [2.75, 3.05) is 26.1 Å². The third-order valence-corrected chi connectivity index (χ3v) is 3.26. The molecule has 1 saturated heterocycles. The van der Waals surface area contributed by atoms with Gasteiger partial charge in [-0.2, -0.15) is 0 Å². The van der Waals surface area contributed by atoms with Gasteiger partial charge in [-0.1, -0.05) is 0 Å². The lowest BCUT2D eigenvalue weighted by molar-refractivity contribution is -0.124. The first-order chi connectivity index (χ1) is 10.5. The molecule has 0 spiro atoms. The molecule has 1 aliphatic rings. The zero-order valence-corrected chi connectivity index (χ0v) is 12.4. The molecule has 7 nitrogen and oxygen atoms in total. The van der Waals surface area contributed by atoms with E-state index in [1.54, 1.807) is 0 Å². The molecule has 0 radical (unpaired) electrons. The Bertz CT molecular complexity index is 557. The second-order valence-corrected chi connectivity index (χ2v) is 4.77. The first-order valence-corrected chi connectivity index (χ1v) is 6.79. The van der Waals surface area contributed by atoms with E-state index in [2.05, 4.69) is 14.8 Å². The SMILES string of the molecule is COC(=O)c1cc(NC(=O)[C@H]2CCCO2)cc(C(=O)OC)c1. The molecule has 2 rings (SSSR count). The summed E-state index contributed by atoms with van der Waals surface area (Å²) in [6.45, 7) is 0.549. The highest BCUT2D eigenvalue weighted by atomic mass is 16.5. The molecule has 0 saturated carbocycles. The summed E-state index contributed by atoms with van der Waals surface area (Å²) >= 11 is 0. The Morgan fingerprint density at radius 3 is 2.14 bits per heavy atom. The molecular formula is C15H17NO6. The molecule has 1 aromatic carbocycles. The van der Waals surface area contributed by atoms with Crippen molar-refractivity contribution in [3.8, 4) is 0 Å². The molecule has 22 heavy (non-hydrogen) atoms. The van der Waals surface area contributed by atoms with Crippen LogP contribution in [0.2, 0.25) is 0 Å². The van der Waals surface area contributed by atoms with Crippen LogP contribution in [0.25, 0.3) is 0 Å². The van der Waals surface area contributed by atoms with Crippen molar-refractivity contribution in [1.82, 2.24) is 0 Å². The van der Waals surface area contributed by atoms with Gasteiger partial charge in [-0.05, 0) is 31.0 Å². The molecule has 0 aromatic heterocycles. The molecule has 1 aliphatic heterocycles. The monoisotopic (exact) mass is 307 g/mol. The summed E-state index contributed by atoms with van der Waals surface area (Å²) in [6, 6.07) is 4.22. The summed E-state index contributed by atoms with van der Waals surface area (Å²) in [5, 5.41) is 2.64. The van der Waals surface area contributed by atoms with Crippen LogP contribution in [0.4, 0.5) is 5.69 Å². The molecule has 0 unspecified atom stereocenters. The number of carbonyl (C=O) groups is 3. The van der Waals surface area contributed by atoms with E-state index in [1.807, 2.05) is 0 Å². The first-order valence-electron chi connectivity index (χ1n) is 6.79. The van der Waals surface area contributed by atoms with Crippen LogP contribution in [0, 0.1) is 0 Å². The van der Waals surface area contributed by atoms with Gasteiger partial charge in [-0.25, -0.2) is 9.59 Å². The van der Waals surface area contributed by atoms with E-state index >= 15 is 0 Å². The summed E-state index contributed by atoms with van der Waals surface area (Å²) < 4.78 is 14.6. The molecule has 0 bridgehead atoms. The van der Waals surface area contributed by atoms with Gasteiger partial charge in [0.15, 0.2) is 0 Å². The highest BCUT2D eigenvalue weighted by Crippen LogP contribution is 2.19. The van der Waals surface area contributed by atoms with E-state index in [1.165, 1.54) is 32.4 Å². The fourth-order valence-corrected chi connectivity index (χ4v) is 2.18. The van der Waals surface area contributed by atoms with Gasteiger partial charge in [0.1, 0.15) is 6.10 Å². The van der Waals surface area contributed by atoms with E-state index in [-0.39, 0.29) is 17.0 Å². The summed E-state index contributed by atoms with van der Waals surface area (Å²) in [5.74, 6) is -1.54. The minimum Gasteiger partial charge on any atom is -0.465 e. The van der Waals surface area contributed by atoms with Crippen molar-refractivity contribution in [2.45, 2.75) is 18.9 Å². The number of methoxy groups -OCH3 is 2. The van der Waals surface area contributed by atoms with Gasteiger partial charge in [0.2, 0.25) is 0 Å². The number of nitrogens with one attached hydrogen (secondary N) is 1. The lowest BCUT2D eigenvalue weighted by Gasteiger charge is -2.12. The minimum absolute atomic E-state index is 0.146. The van der Waals surface area contributed by atoms with E-state index in [4.69, 9.17) is 4.74 Å². The van der Waals surface area contributed by atoms with E-state index in [0.29, 0.717) is 18.7 Å². The van der Waals surface area contributed by atoms with Crippen LogP contribution < -0.4 is 5.32 Å². The molecular weight excluding hydrogens is 290 g/mol. The third kappa shape index (κ3) is 3.62. The second-order valence-electron chi connectivity index (χ2n) is 4.77. The predicted octanol–water partition coefficient (Wildman–Crippen LogP) is 1.38. The lowest BCUT2D eigenvalue weighted by Crippen LogP contribution is -2.27. The molecule has 1 atom stereocenters. The van der Waals surface area contributed by atoms with Crippen molar-refractivity contribution < 1.29 is 28.6 Å². The normalized spacial score (nSPS) is 16.9. The van der Waals surface area contributed by atoms with Crippen LogP contribution in [-0.4, -0.2) is 44.8 Å². The molecule has 7 heteroatoms. The molecule has 0 aliphatic carbocycles. The Morgan fingerprint density at radius 1 is 1.09 bits per heavy atom. The zero-order valence-electron chi connectivity index (χ0n) is 12.4. The van der Waals surface area contributed by atoms with Crippen LogP contribution in [0.5, 0.6) is 0 Å². The smallest absolute Gasteiger partial charge is 0.337 e. The molecule has 1 fully saturated rings. The maximum Gasteiger partial charge on any atom is 0.337 e. The number of hydrogen-bond acceptors (Lipinski definition) is 6. The third-order valence-electron chi connectivity index (χ3n) is 3.26. The predicted molar refractivity (Wildman–Crippen MR) is 76.7 cm³/mol. The average Bonchev–Trinajstić information content (AvgIpc) is 3.07. The highest BCUT2D eigenvalue weighted by Gasteiger charge is 2.24. The summed E-state index contributed by atoms with van der Waals surface area (Å²) in [4.78, 5) is 35.4. The largest absolute Gasteiger partial charge is 0.465 e. The first kappa shape index (κ1) is 16.0. The highest BCUT2D eigenvalue weighted by molar-refractivity contribution is 6.00. The molecule has 1 N–H and O–H groups in total. The zero-order chi connectivity index (χ0) is 16.1. The maximum atomic E-state index is 12.0. The minimum atomic E-state index is -0.613. The molecule has 118 valence electrons. The number of carbonyl (C=O) groups excluding carboxylic acids is 3. The van der Waals surface area contributed by atoms with Gasteiger partial charge in [0.25, 0.3) is 5.91 Å². The number of esters is 2. The van der Waals surface area contributed by atoms with Gasteiger partial charge < -0.3 is 19.5 Å². The van der Waals surface area contributed by atoms with Crippen molar-refractivity contribution in [3.05, 3.63) is 29.3 Å². The Balaban J connectivity index is 2.26. The van der Waals surface area contributed by atoms with Gasteiger partial charge in [-0.3, -0.25) is 4.79 Å². The van der Waals surface area contributed by atoms with E-state index < -0.39 is 18.0 Å². The number of rotatable bonds is 4. The number of ether oxygens (including phenoxy) is 3. The van der Waals surface area contributed by atoms with Crippen LogP contribution in [0.15, 0.2) is 18.2 Å². The fourth-order valence-electron chi connectivity index (χ4n) is 2.18. The van der Waals surface area contributed by atoms with Crippen molar-refractivity contribution in [2.24, 2.45) is 0 Å². The van der Waals surface area contributed by atoms with Crippen LogP contribution in [-0.2, 0) is 19.0 Å². The molecule has 1 amide bonds. The topological polar surface area (TPSA) is 90.9 Å². The number of amides is 1. The average molecular weight is 307 g/mol. The van der Waals surface area contributed by atoms with Crippen molar-refractivity contribution in [1.29, 1.82) is 0 Å². The van der Waals surface area contributed by atoms with Crippen molar-refractivity contribution >= 4 is 23.5 Å². The van der Waals surface area contributed by atoms with Crippen molar-refractivity contribution in [3.63, 3.8) is 0 Å². The van der Waals surface area contributed by atoms with Gasteiger partial charge in [0.05, 0.1) is 25.3 Å². The maximum absolute atomic E-state index is 12.0.